The van der Waals surface area contributed by atoms with Gasteiger partial charge in [0, 0.05) is 25.7 Å². The molecule has 4 aromatic rings. The van der Waals surface area contributed by atoms with E-state index in [1.807, 2.05) is 11.8 Å². The molecule has 0 spiro atoms. The van der Waals surface area contributed by atoms with Gasteiger partial charge in [0.05, 0.1) is 33.9 Å². The number of para-hydroxylation sites is 2. The molecule has 196 valence electrons. The molecule has 0 aliphatic carbocycles. The highest BCUT2D eigenvalue weighted by atomic mass is 35.5. The Morgan fingerprint density at radius 2 is 2.00 bits per heavy atom. The Morgan fingerprint density at radius 1 is 1.23 bits per heavy atom. The van der Waals surface area contributed by atoms with Crippen molar-refractivity contribution in [1.29, 1.82) is 0 Å². The van der Waals surface area contributed by atoms with Crippen LogP contribution in [0.25, 0.3) is 32.8 Å². The lowest BCUT2D eigenvalue weighted by Gasteiger charge is -2.40. The van der Waals surface area contributed by atoms with Gasteiger partial charge in [0.25, 0.3) is 0 Å². The van der Waals surface area contributed by atoms with Crippen LogP contribution in [0.4, 0.5) is 15.9 Å². The van der Waals surface area contributed by atoms with E-state index in [-0.39, 0.29) is 51.0 Å². The molecular formula is C28H22ClFN6O3. The molecule has 3 heterocycles. The van der Waals surface area contributed by atoms with Crippen molar-refractivity contribution in [1.82, 2.24) is 19.4 Å². The van der Waals surface area contributed by atoms with Crippen LogP contribution in [0.3, 0.4) is 0 Å². The molecule has 1 fully saturated rings. The van der Waals surface area contributed by atoms with Gasteiger partial charge in [-0.3, -0.25) is 9.36 Å². The molecule has 0 radical (unpaired) electrons. The largest absolute Gasteiger partial charge is 0.507 e. The number of aromatic nitrogens is 3. The summed E-state index contributed by atoms with van der Waals surface area (Å²) in [5, 5.41) is 10.9. The molecule has 2 aromatic heterocycles. The number of benzene rings is 2. The summed E-state index contributed by atoms with van der Waals surface area (Å²) in [7, 11) is 0. The fourth-order valence-corrected chi connectivity index (χ4v) is 5.06. The van der Waals surface area contributed by atoms with Crippen molar-refractivity contribution in [3.8, 4) is 22.7 Å². The Labute approximate surface area is 227 Å². The zero-order chi connectivity index (χ0) is 27.8. The second kappa shape index (κ2) is 10.2. The minimum Gasteiger partial charge on any atom is -0.507 e. The lowest BCUT2D eigenvalue weighted by molar-refractivity contribution is -0.126. The number of fused-ring (bicyclic) bond motifs is 1. The summed E-state index contributed by atoms with van der Waals surface area (Å²) in [5.74, 6) is -1.01. The lowest BCUT2D eigenvalue weighted by atomic mass is 10.1. The molecule has 11 heteroatoms. The van der Waals surface area contributed by atoms with E-state index in [0.717, 1.165) is 0 Å². The summed E-state index contributed by atoms with van der Waals surface area (Å²) < 4.78 is 16.1. The Bertz CT molecular complexity index is 1730. The van der Waals surface area contributed by atoms with E-state index < -0.39 is 11.5 Å². The highest BCUT2D eigenvalue weighted by Gasteiger charge is 2.30. The van der Waals surface area contributed by atoms with E-state index >= 15 is 0 Å². The van der Waals surface area contributed by atoms with E-state index in [2.05, 4.69) is 21.4 Å². The number of rotatable bonds is 4. The third-order valence-electron chi connectivity index (χ3n) is 6.66. The van der Waals surface area contributed by atoms with Crippen LogP contribution in [0.1, 0.15) is 6.92 Å². The maximum atomic E-state index is 14.9. The van der Waals surface area contributed by atoms with Crippen LogP contribution in [0.15, 0.2) is 66.0 Å². The molecule has 5 rings (SSSR count). The van der Waals surface area contributed by atoms with Gasteiger partial charge in [0.15, 0.2) is 5.65 Å². The normalized spacial score (nSPS) is 15.3. The predicted molar refractivity (Wildman–Crippen MR) is 147 cm³/mol. The number of phenols is 1. The van der Waals surface area contributed by atoms with E-state index in [1.165, 1.54) is 34.9 Å². The molecule has 2 aromatic carbocycles. The number of pyridine rings is 1. The van der Waals surface area contributed by atoms with Crippen LogP contribution in [-0.4, -0.2) is 56.1 Å². The number of phenolic OH excluding ortho intramolecular Hbond substituents is 1. The molecule has 1 saturated heterocycles. The van der Waals surface area contributed by atoms with Gasteiger partial charge in [-0.1, -0.05) is 42.4 Å². The number of amides is 1. The third kappa shape index (κ3) is 4.47. The summed E-state index contributed by atoms with van der Waals surface area (Å²) in [6, 6.07) is 11.6. The number of anilines is 1. The van der Waals surface area contributed by atoms with Gasteiger partial charge in [0.2, 0.25) is 11.6 Å². The van der Waals surface area contributed by atoms with Crippen LogP contribution < -0.4 is 10.6 Å². The minimum absolute atomic E-state index is 0.0303. The maximum Gasteiger partial charge on any atom is 0.354 e. The van der Waals surface area contributed by atoms with Crippen molar-refractivity contribution in [3.63, 3.8) is 0 Å². The van der Waals surface area contributed by atoms with Crippen molar-refractivity contribution < 1.29 is 14.3 Å². The molecule has 1 aliphatic heterocycles. The number of carbonyl (C=O) groups excluding carboxylic acids is 1. The number of halogens is 2. The molecule has 1 atom stereocenters. The van der Waals surface area contributed by atoms with Gasteiger partial charge in [-0.15, -0.1) is 0 Å². The summed E-state index contributed by atoms with van der Waals surface area (Å²) in [6.45, 7) is 14.2. The number of hydrogen-bond acceptors (Lipinski definition) is 6. The van der Waals surface area contributed by atoms with Gasteiger partial charge in [0.1, 0.15) is 17.4 Å². The van der Waals surface area contributed by atoms with E-state index in [1.54, 1.807) is 29.2 Å². The first kappa shape index (κ1) is 25.9. The van der Waals surface area contributed by atoms with Crippen molar-refractivity contribution in [3.05, 3.63) is 93.9 Å². The smallest absolute Gasteiger partial charge is 0.354 e. The number of hydrogen-bond donors (Lipinski definition) is 1. The van der Waals surface area contributed by atoms with Crippen LogP contribution >= 0.6 is 11.6 Å². The zero-order valence-corrected chi connectivity index (χ0v) is 21.6. The van der Waals surface area contributed by atoms with Gasteiger partial charge in [-0.2, -0.15) is 4.98 Å². The Hall–Kier alpha value is -4.75. The lowest BCUT2D eigenvalue weighted by Crippen LogP contribution is -2.54. The summed E-state index contributed by atoms with van der Waals surface area (Å²) >= 11 is 6.62. The number of aromatic hydroxyl groups is 1. The quantitative estimate of drug-likeness (QED) is 0.295. The summed E-state index contributed by atoms with van der Waals surface area (Å²) in [5.41, 5.74) is -0.476. The average molecular weight is 545 g/mol. The SMILES string of the molecule is [C-]#[N+]c1ccccc1-n1c(=O)nc(N2CCN(C(=O)C=C)C[C@@H]2C)c2cc(Cl)c(-c3c(O)cccc3F)nc21. The fourth-order valence-electron chi connectivity index (χ4n) is 4.81. The molecule has 9 nitrogen and oxygen atoms in total. The van der Waals surface area contributed by atoms with Crippen LogP contribution in [-0.2, 0) is 4.79 Å². The van der Waals surface area contributed by atoms with E-state index in [0.29, 0.717) is 30.8 Å². The van der Waals surface area contributed by atoms with E-state index in [4.69, 9.17) is 18.2 Å². The highest BCUT2D eigenvalue weighted by Crippen LogP contribution is 2.39. The summed E-state index contributed by atoms with van der Waals surface area (Å²) in [4.78, 5) is 41.8. The van der Waals surface area contributed by atoms with E-state index in [9.17, 15) is 19.1 Å². The zero-order valence-electron chi connectivity index (χ0n) is 20.8. The molecule has 0 unspecified atom stereocenters. The molecule has 1 amide bonds. The minimum atomic E-state index is -0.745. The van der Waals surface area contributed by atoms with Crippen molar-refractivity contribution in [2.45, 2.75) is 13.0 Å². The van der Waals surface area contributed by atoms with Gasteiger partial charge in [-0.05, 0) is 37.3 Å². The van der Waals surface area contributed by atoms with Crippen LogP contribution in [0.5, 0.6) is 5.75 Å². The molecule has 0 bridgehead atoms. The molecule has 39 heavy (non-hydrogen) atoms. The van der Waals surface area contributed by atoms with Gasteiger partial charge < -0.3 is 14.9 Å². The first-order chi connectivity index (χ1) is 18.7. The van der Waals surface area contributed by atoms with Crippen molar-refractivity contribution in [2.24, 2.45) is 0 Å². The first-order valence-corrected chi connectivity index (χ1v) is 12.4. The van der Waals surface area contributed by atoms with Crippen LogP contribution in [0, 0.1) is 12.4 Å². The average Bonchev–Trinajstić information content (AvgIpc) is 2.92. The Morgan fingerprint density at radius 3 is 2.69 bits per heavy atom. The van der Waals surface area contributed by atoms with Crippen LogP contribution in [0.2, 0.25) is 5.02 Å². The second-order valence-corrected chi connectivity index (χ2v) is 9.42. The summed E-state index contributed by atoms with van der Waals surface area (Å²) in [6.07, 6.45) is 1.26. The molecule has 1 N–H and O–H groups in total. The first-order valence-electron chi connectivity index (χ1n) is 12.0. The molecule has 1 aliphatic rings. The number of nitrogens with zero attached hydrogens (tertiary/aromatic N) is 6. The standard InChI is InChI=1S/C28H22ClFN6O3/c1-4-23(38)34-12-13-35(16(2)15-34)26-17-14-18(29)25(24-19(30)8-7-11-22(24)37)32-27(17)36(28(39)33-26)21-10-6-5-9-20(21)31-3/h4-11,14,16,37H,1,12-13,15H2,2H3/t16-/m0/s1. The monoisotopic (exact) mass is 544 g/mol. The fraction of sp³-hybridized carbons (Fsp3) is 0.179. The maximum absolute atomic E-state index is 14.9. The number of carbonyl (C=O) groups is 1. The Kier molecular flexibility index (Phi) is 6.76. The van der Waals surface area contributed by atoms with Crippen molar-refractivity contribution >= 4 is 40.0 Å². The van der Waals surface area contributed by atoms with Gasteiger partial charge in [-0.25, -0.2) is 19.0 Å². The number of piperazine rings is 1. The predicted octanol–water partition coefficient (Wildman–Crippen LogP) is 4.72. The molecular weight excluding hydrogens is 523 g/mol. The molecule has 0 saturated carbocycles. The topological polar surface area (TPSA) is 95.9 Å². The Balaban J connectivity index is 1.80. The van der Waals surface area contributed by atoms with Gasteiger partial charge >= 0.3 is 5.69 Å². The highest BCUT2D eigenvalue weighted by molar-refractivity contribution is 6.34. The van der Waals surface area contributed by atoms with Crippen molar-refractivity contribution in [2.75, 3.05) is 24.5 Å². The second-order valence-electron chi connectivity index (χ2n) is 9.01. The third-order valence-corrected chi connectivity index (χ3v) is 6.95.